The van der Waals surface area contributed by atoms with Crippen molar-refractivity contribution in [1.82, 2.24) is 19.3 Å². The summed E-state index contributed by atoms with van der Waals surface area (Å²) in [5.74, 6) is 0.356. The number of hydrogen-bond acceptors (Lipinski definition) is 4. The molecule has 0 saturated heterocycles. The molecule has 3 aromatic rings. The van der Waals surface area contributed by atoms with Gasteiger partial charge in [-0.3, -0.25) is 4.79 Å². The van der Waals surface area contributed by atoms with Crippen molar-refractivity contribution in [3.63, 3.8) is 0 Å². The van der Waals surface area contributed by atoms with Crippen LogP contribution in [0.3, 0.4) is 0 Å². The van der Waals surface area contributed by atoms with E-state index in [2.05, 4.69) is 31.6 Å². The van der Waals surface area contributed by atoms with E-state index in [9.17, 15) is 14.4 Å². The van der Waals surface area contributed by atoms with Gasteiger partial charge in [0.15, 0.2) is 5.82 Å². The number of nitrogens with one attached hydrogen (secondary N) is 1. The molecule has 0 bridgehead atoms. The van der Waals surface area contributed by atoms with Gasteiger partial charge in [0.2, 0.25) is 0 Å². The van der Waals surface area contributed by atoms with Gasteiger partial charge in [0.1, 0.15) is 23.3 Å². The van der Waals surface area contributed by atoms with E-state index in [1.54, 1.807) is 18.2 Å². The summed E-state index contributed by atoms with van der Waals surface area (Å²) in [6, 6.07) is 8.40. The summed E-state index contributed by atoms with van der Waals surface area (Å²) >= 11 is 0. The van der Waals surface area contributed by atoms with E-state index in [1.807, 2.05) is 26.0 Å². The van der Waals surface area contributed by atoms with Gasteiger partial charge in [-0.05, 0) is 69.0 Å². The van der Waals surface area contributed by atoms with Crippen LogP contribution in [0.25, 0.3) is 17.5 Å². The summed E-state index contributed by atoms with van der Waals surface area (Å²) < 4.78 is 18.8. The van der Waals surface area contributed by atoms with Crippen molar-refractivity contribution in [3.05, 3.63) is 58.4 Å². The summed E-state index contributed by atoms with van der Waals surface area (Å²) in [6.45, 7) is 7.74. The monoisotopic (exact) mass is 460 g/mol. The number of nitrogens with zero attached hydrogens (tertiary/aromatic N) is 5. The van der Waals surface area contributed by atoms with Gasteiger partial charge in [0.05, 0.1) is 5.69 Å². The number of aromatic nitrogens is 4. The standard InChI is InChI=1S/C26H29FN6O/c1-4-11-32-17(2)13-20(18(32)3)14-21(16-28)26(34)29-23-15-19(9-10-22(23)27)25-31-30-24-8-6-5-7-12-33(24)25/h9-10,13-15H,4-8,11-12H2,1-3H3,(H,29,34)/b21-14-. The first-order valence-electron chi connectivity index (χ1n) is 11.7. The maximum Gasteiger partial charge on any atom is 0.266 e. The Kier molecular flexibility index (Phi) is 6.92. The van der Waals surface area contributed by atoms with Gasteiger partial charge in [0, 0.05) is 36.5 Å². The first-order valence-corrected chi connectivity index (χ1v) is 11.7. The van der Waals surface area contributed by atoms with Crippen LogP contribution in [0.2, 0.25) is 0 Å². The second-order valence-electron chi connectivity index (χ2n) is 8.70. The molecule has 0 aliphatic carbocycles. The average molecular weight is 461 g/mol. The number of aryl methyl sites for hydroxylation is 2. The summed E-state index contributed by atoms with van der Waals surface area (Å²) in [4.78, 5) is 12.9. The Morgan fingerprint density at radius 3 is 2.82 bits per heavy atom. The Morgan fingerprint density at radius 1 is 1.24 bits per heavy atom. The molecule has 3 heterocycles. The van der Waals surface area contributed by atoms with Crippen LogP contribution < -0.4 is 5.32 Å². The first-order chi connectivity index (χ1) is 16.4. The average Bonchev–Trinajstić information content (AvgIpc) is 3.23. The number of anilines is 1. The predicted octanol–water partition coefficient (Wildman–Crippen LogP) is 5.18. The molecule has 4 rings (SSSR count). The Bertz CT molecular complexity index is 1290. The molecule has 0 fully saturated rings. The molecule has 0 saturated carbocycles. The summed E-state index contributed by atoms with van der Waals surface area (Å²) in [7, 11) is 0. The minimum absolute atomic E-state index is 0.00563. The van der Waals surface area contributed by atoms with Crippen molar-refractivity contribution in [1.29, 1.82) is 5.26 Å². The quantitative estimate of drug-likeness (QED) is 0.405. The molecular weight excluding hydrogens is 431 g/mol. The zero-order chi connectivity index (χ0) is 24.2. The Morgan fingerprint density at radius 2 is 2.06 bits per heavy atom. The minimum atomic E-state index is -0.654. The van der Waals surface area contributed by atoms with Crippen LogP contribution >= 0.6 is 0 Å². The highest BCUT2D eigenvalue weighted by atomic mass is 19.1. The number of halogens is 1. The molecule has 1 aliphatic heterocycles. The van der Waals surface area contributed by atoms with Gasteiger partial charge >= 0.3 is 0 Å². The van der Waals surface area contributed by atoms with E-state index in [-0.39, 0.29) is 11.3 Å². The van der Waals surface area contributed by atoms with Gasteiger partial charge in [-0.15, -0.1) is 10.2 Å². The summed E-state index contributed by atoms with van der Waals surface area (Å²) in [6.07, 6.45) is 6.66. The molecule has 0 atom stereocenters. The fourth-order valence-electron chi connectivity index (χ4n) is 4.49. The van der Waals surface area contributed by atoms with Gasteiger partial charge in [-0.2, -0.15) is 5.26 Å². The SMILES string of the molecule is CCCn1c(C)cc(/C=C(/C#N)C(=O)Nc2cc(-c3nnc4n3CCCCC4)ccc2F)c1C. The van der Waals surface area contributed by atoms with Gasteiger partial charge < -0.3 is 14.5 Å². The van der Waals surface area contributed by atoms with Gasteiger partial charge in [0.25, 0.3) is 5.91 Å². The normalized spacial score (nSPS) is 13.8. The molecule has 176 valence electrons. The number of amides is 1. The third kappa shape index (κ3) is 4.65. The lowest BCUT2D eigenvalue weighted by Crippen LogP contribution is -2.15. The largest absolute Gasteiger partial charge is 0.349 e. The zero-order valence-corrected chi connectivity index (χ0v) is 19.9. The van der Waals surface area contributed by atoms with Crippen molar-refractivity contribution in [2.24, 2.45) is 0 Å². The highest BCUT2D eigenvalue weighted by molar-refractivity contribution is 6.10. The second kappa shape index (κ2) is 10.0. The number of nitriles is 1. The lowest BCUT2D eigenvalue weighted by atomic mass is 10.1. The molecular formula is C26H29FN6O. The van der Waals surface area contributed by atoms with Crippen molar-refractivity contribution < 1.29 is 9.18 Å². The topological polar surface area (TPSA) is 88.5 Å². The first kappa shape index (κ1) is 23.4. The molecule has 1 amide bonds. The molecule has 1 aromatic carbocycles. The second-order valence-corrected chi connectivity index (χ2v) is 8.70. The maximum absolute atomic E-state index is 14.6. The maximum atomic E-state index is 14.6. The number of rotatable bonds is 6. The smallest absolute Gasteiger partial charge is 0.266 e. The molecule has 7 nitrogen and oxygen atoms in total. The molecule has 1 aliphatic rings. The van der Waals surface area contributed by atoms with Crippen LogP contribution in [0.15, 0.2) is 29.8 Å². The van der Waals surface area contributed by atoms with E-state index < -0.39 is 11.7 Å². The molecule has 8 heteroatoms. The van der Waals surface area contributed by atoms with Crippen molar-refractivity contribution >= 4 is 17.7 Å². The van der Waals surface area contributed by atoms with Gasteiger partial charge in [-0.1, -0.05) is 13.3 Å². The fraction of sp³-hybridized carbons (Fsp3) is 0.385. The van der Waals surface area contributed by atoms with E-state index in [0.717, 1.165) is 68.0 Å². The molecule has 1 N–H and O–H groups in total. The number of benzene rings is 1. The highest BCUT2D eigenvalue weighted by Crippen LogP contribution is 2.27. The number of carbonyl (C=O) groups is 1. The fourth-order valence-corrected chi connectivity index (χ4v) is 4.49. The lowest BCUT2D eigenvalue weighted by molar-refractivity contribution is -0.112. The van der Waals surface area contributed by atoms with E-state index in [4.69, 9.17) is 0 Å². The lowest BCUT2D eigenvalue weighted by Gasteiger charge is -2.10. The van der Waals surface area contributed by atoms with Crippen LogP contribution in [0.1, 0.15) is 55.4 Å². The Balaban J connectivity index is 1.61. The molecule has 34 heavy (non-hydrogen) atoms. The van der Waals surface area contributed by atoms with E-state index in [0.29, 0.717) is 11.4 Å². The van der Waals surface area contributed by atoms with Crippen LogP contribution in [0, 0.1) is 31.0 Å². The third-order valence-electron chi connectivity index (χ3n) is 6.31. The zero-order valence-electron chi connectivity index (χ0n) is 19.9. The molecule has 0 unspecified atom stereocenters. The van der Waals surface area contributed by atoms with Crippen LogP contribution in [-0.2, 0) is 24.3 Å². The number of hydrogen-bond donors (Lipinski definition) is 1. The number of carbonyl (C=O) groups excluding carboxylic acids is 1. The van der Waals surface area contributed by atoms with Crippen LogP contribution in [0.4, 0.5) is 10.1 Å². The van der Waals surface area contributed by atoms with E-state index >= 15 is 0 Å². The van der Waals surface area contributed by atoms with Crippen molar-refractivity contribution in [3.8, 4) is 17.5 Å². The Labute approximate surface area is 198 Å². The molecule has 0 spiro atoms. The number of fused-ring (bicyclic) bond motifs is 1. The van der Waals surface area contributed by atoms with E-state index in [1.165, 1.54) is 6.07 Å². The minimum Gasteiger partial charge on any atom is -0.349 e. The van der Waals surface area contributed by atoms with Gasteiger partial charge in [-0.25, -0.2) is 4.39 Å². The summed E-state index contributed by atoms with van der Waals surface area (Å²) in [5.41, 5.74) is 3.44. The Hall–Kier alpha value is -3.73. The third-order valence-corrected chi connectivity index (χ3v) is 6.31. The summed E-state index contributed by atoms with van der Waals surface area (Å²) in [5, 5.41) is 20.8. The van der Waals surface area contributed by atoms with Crippen molar-refractivity contribution in [2.75, 3.05) is 5.32 Å². The molecule has 2 aromatic heterocycles. The predicted molar refractivity (Wildman–Crippen MR) is 129 cm³/mol. The van der Waals surface area contributed by atoms with Crippen molar-refractivity contribution in [2.45, 2.75) is 66.0 Å². The highest BCUT2D eigenvalue weighted by Gasteiger charge is 2.19. The van der Waals surface area contributed by atoms with Crippen LogP contribution in [0.5, 0.6) is 0 Å². The van der Waals surface area contributed by atoms with Crippen LogP contribution in [-0.4, -0.2) is 25.2 Å². The molecule has 0 radical (unpaired) electrons.